The third-order valence-electron chi connectivity index (χ3n) is 4.47. The number of hydrogen-bond donors (Lipinski definition) is 1. The average molecular weight is 376 g/mol. The maximum Gasteiger partial charge on any atom is 0.237 e. The largest absolute Gasteiger partial charge is 0.383 e. The minimum atomic E-state index is 0.559. The molecule has 3 aromatic rings. The minimum absolute atomic E-state index is 0.559. The van der Waals surface area contributed by atoms with Crippen molar-refractivity contribution in [2.75, 3.05) is 5.73 Å². The van der Waals surface area contributed by atoms with Crippen LogP contribution in [0.5, 0.6) is 0 Å². The van der Waals surface area contributed by atoms with Crippen molar-refractivity contribution in [3.05, 3.63) is 22.2 Å². The molecule has 0 aromatic carbocycles. The van der Waals surface area contributed by atoms with Crippen LogP contribution in [0.25, 0.3) is 10.2 Å². The van der Waals surface area contributed by atoms with Crippen molar-refractivity contribution >= 4 is 39.1 Å². The molecule has 3 aromatic heterocycles. The van der Waals surface area contributed by atoms with E-state index in [2.05, 4.69) is 29.0 Å². The Balaban J connectivity index is 1.56. The summed E-state index contributed by atoms with van der Waals surface area (Å²) in [6, 6.07) is 0. The molecule has 0 amide bonds. The van der Waals surface area contributed by atoms with Gasteiger partial charge in [-0.3, -0.25) is 0 Å². The van der Waals surface area contributed by atoms with Crippen LogP contribution in [0.2, 0.25) is 0 Å². The Kier molecular flexibility index (Phi) is 4.64. The first kappa shape index (κ1) is 16.8. The number of nitrogen functional groups attached to an aromatic ring is 1. The van der Waals surface area contributed by atoms with Crippen molar-refractivity contribution in [3.8, 4) is 0 Å². The van der Waals surface area contributed by atoms with E-state index in [9.17, 15) is 0 Å². The molecule has 4 rings (SSSR count). The molecule has 8 heteroatoms. The van der Waals surface area contributed by atoms with Crippen LogP contribution in [0.3, 0.4) is 0 Å². The molecule has 0 saturated carbocycles. The fourth-order valence-electron chi connectivity index (χ4n) is 3.21. The topological polar surface area (TPSA) is 90.7 Å². The summed E-state index contributed by atoms with van der Waals surface area (Å²) in [6.45, 7) is 4.40. The van der Waals surface area contributed by atoms with E-state index in [1.54, 1.807) is 11.3 Å². The average Bonchev–Trinajstić information content (AvgIpc) is 3.16. The summed E-state index contributed by atoms with van der Waals surface area (Å²) >= 11 is 3.26. The lowest BCUT2D eigenvalue weighted by molar-refractivity contribution is 0.384. The zero-order valence-corrected chi connectivity index (χ0v) is 16.0. The molecule has 2 N–H and O–H groups in total. The molecule has 0 radical (unpaired) electrons. The van der Waals surface area contributed by atoms with Crippen LogP contribution in [-0.4, -0.2) is 20.1 Å². The number of rotatable bonds is 5. The van der Waals surface area contributed by atoms with Crippen molar-refractivity contribution in [3.63, 3.8) is 0 Å². The maximum atomic E-state index is 6.26. The smallest absolute Gasteiger partial charge is 0.237 e. The monoisotopic (exact) mass is 375 g/mol. The highest BCUT2D eigenvalue weighted by atomic mass is 32.2. The summed E-state index contributed by atoms with van der Waals surface area (Å²) in [6.07, 6.45) is 5.26. The maximum absolute atomic E-state index is 6.26. The van der Waals surface area contributed by atoms with Gasteiger partial charge in [0.15, 0.2) is 11.0 Å². The van der Waals surface area contributed by atoms with Crippen LogP contribution < -0.4 is 5.73 Å². The van der Waals surface area contributed by atoms with Gasteiger partial charge in [-0.15, -0.1) is 11.3 Å². The molecular weight excluding hydrogens is 354 g/mol. The molecule has 0 spiro atoms. The molecule has 6 nitrogen and oxygen atoms in total. The van der Waals surface area contributed by atoms with Crippen LogP contribution in [0.1, 0.15) is 48.8 Å². The second kappa shape index (κ2) is 6.92. The van der Waals surface area contributed by atoms with Crippen molar-refractivity contribution in [2.24, 2.45) is 5.92 Å². The Hall–Kier alpha value is -1.67. The number of thioether (sulfide) groups is 1. The summed E-state index contributed by atoms with van der Waals surface area (Å²) in [5, 5.41) is 5.72. The van der Waals surface area contributed by atoms with E-state index in [-0.39, 0.29) is 0 Å². The van der Waals surface area contributed by atoms with E-state index >= 15 is 0 Å². The molecule has 1 aliphatic rings. The highest BCUT2D eigenvalue weighted by Crippen LogP contribution is 2.40. The Morgan fingerprint density at radius 1 is 1.32 bits per heavy atom. The van der Waals surface area contributed by atoms with Gasteiger partial charge in [0.1, 0.15) is 10.6 Å². The number of thiophene rings is 1. The number of aromatic nitrogens is 4. The first-order valence-corrected chi connectivity index (χ1v) is 10.5. The predicted octanol–water partition coefficient (Wildman–Crippen LogP) is 4.03. The number of hydrogen-bond acceptors (Lipinski definition) is 8. The molecule has 0 bridgehead atoms. The molecule has 132 valence electrons. The SMILES string of the molecule is CCCc1noc(CSc2nc(N)c3c4c(sc3n2)CC(C)CC4)n1. The van der Waals surface area contributed by atoms with Crippen LogP contribution in [0.15, 0.2) is 9.68 Å². The van der Waals surface area contributed by atoms with E-state index in [0.717, 1.165) is 47.6 Å². The molecule has 0 aliphatic heterocycles. The molecule has 0 saturated heterocycles. The molecule has 0 fully saturated rings. The quantitative estimate of drug-likeness (QED) is 0.532. The van der Waals surface area contributed by atoms with Gasteiger partial charge in [-0.1, -0.05) is 30.8 Å². The van der Waals surface area contributed by atoms with Gasteiger partial charge in [-0.05, 0) is 37.2 Å². The highest BCUT2D eigenvalue weighted by Gasteiger charge is 2.23. The summed E-state index contributed by atoms with van der Waals surface area (Å²) in [5.74, 6) is 3.25. The number of aryl methyl sites for hydroxylation is 2. The van der Waals surface area contributed by atoms with Gasteiger partial charge >= 0.3 is 0 Å². The fourth-order valence-corrected chi connectivity index (χ4v) is 5.35. The number of nitrogens with zero attached hydrogens (tertiary/aromatic N) is 4. The van der Waals surface area contributed by atoms with Crippen molar-refractivity contribution in [2.45, 2.75) is 56.9 Å². The molecule has 25 heavy (non-hydrogen) atoms. The first-order valence-electron chi connectivity index (χ1n) is 8.66. The van der Waals surface area contributed by atoms with Crippen LogP contribution >= 0.6 is 23.1 Å². The third kappa shape index (κ3) is 3.37. The fraction of sp³-hybridized carbons (Fsp3) is 0.529. The summed E-state index contributed by atoms with van der Waals surface area (Å²) in [4.78, 5) is 16.0. The minimum Gasteiger partial charge on any atom is -0.383 e. The van der Waals surface area contributed by atoms with Gasteiger partial charge in [0, 0.05) is 11.3 Å². The first-order chi connectivity index (χ1) is 12.1. The van der Waals surface area contributed by atoms with Gasteiger partial charge in [-0.2, -0.15) is 4.98 Å². The summed E-state index contributed by atoms with van der Waals surface area (Å²) in [5.41, 5.74) is 7.63. The predicted molar refractivity (Wildman–Crippen MR) is 101 cm³/mol. The third-order valence-corrected chi connectivity index (χ3v) is 6.45. The van der Waals surface area contributed by atoms with Crippen LogP contribution in [0, 0.1) is 5.92 Å². The van der Waals surface area contributed by atoms with Gasteiger partial charge < -0.3 is 10.3 Å². The molecule has 1 aliphatic carbocycles. The Morgan fingerprint density at radius 2 is 2.20 bits per heavy atom. The van der Waals surface area contributed by atoms with Gasteiger partial charge in [0.2, 0.25) is 5.89 Å². The van der Waals surface area contributed by atoms with Crippen LogP contribution in [0.4, 0.5) is 5.82 Å². The van der Waals surface area contributed by atoms with E-state index in [0.29, 0.717) is 22.6 Å². The standard InChI is InChI=1S/C17H21N5OS2/c1-3-4-12-19-13(23-22-12)8-24-17-20-15(18)14-10-6-5-9(2)7-11(10)25-16(14)21-17/h9H,3-8H2,1-2H3,(H2,18,20,21). The van der Waals surface area contributed by atoms with E-state index in [1.807, 2.05) is 0 Å². The van der Waals surface area contributed by atoms with E-state index in [1.165, 1.54) is 28.6 Å². The summed E-state index contributed by atoms with van der Waals surface area (Å²) in [7, 11) is 0. The Bertz CT molecular complexity index is 904. The van der Waals surface area contributed by atoms with Gasteiger partial charge in [0.05, 0.1) is 11.1 Å². The van der Waals surface area contributed by atoms with Crippen LogP contribution in [-0.2, 0) is 25.0 Å². The van der Waals surface area contributed by atoms with Crippen molar-refractivity contribution in [1.29, 1.82) is 0 Å². The Morgan fingerprint density at radius 3 is 3.04 bits per heavy atom. The lowest BCUT2D eigenvalue weighted by Gasteiger charge is -2.17. The lowest BCUT2D eigenvalue weighted by atomic mass is 9.89. The van der Waals surface area contributed by atoms with Gasteiger partial charge in [0.25, 0.3) is 0 Å². The van der Waals surface area contributed by atoms with Crippen molar-refractivity contribution in [1.82, 2.24) is 20.1 Å². The summed E-state index contributed by atoms with van der Waals surface area (Å²) < 4.78 is 5.27. The molecular formula is C17H21N5OS2. The zero-order chi connectivity index (χ0) is 17.4. The van der Waals surface area contributed by atoms with E-state index in [4.69, 9.17) is 15.2 Å². The normalized spacial score (nSPS) is 17.1. The second-order valence-corrected chi connectivity index (χ2v) is 8.59. The molecule has 1 unspecified atom stereocenters. The number of nitrogens with two attached hydrogens (primary N) is 1. The second-order valence-electron chi connectivity index (χ2n) is 6.57. The zero-order valence-electron chi connectivity index (χ0n) is 14.4. The lowest BCUT2D eigenvalue weighted by Crippen LogP contribution is -2.09. The Labute approximate surface area is 154 Å². The number of fused-ring (bicyclic) bond motifs is 3. The molecule has 1 atom stereocenters. The van der Waals surface area contributed by atoms with Crippen molar-refractivity contribution < 1.29 is 4.52 Å². The number of anilines is 1. The van der Waals surface area contributed by atoms with E-state index < -0.39 is 0 Å². The highest BCUT2D eigenvalue weighted by molar-refractivity contribution is 7.98. The molecule has 3 heterocycles. The van der Waals surface area contributed by atoms with Gasteiger partial charge in [-0.25, -0.2) is 9.97 Å².